The average Bonchev–Trinajstić information content (AvgIpc) is 2.41. The maximum absolute atomic E-state index is 12.1. The Kier molecular flexibility index (Phi) is 4.82. The van der Waals surface area contributed by atoms with Crippen LogP contribution in [0.3, 0.4) is 0 Å². The molecule has 0 aromatic heterocycles. The molecule has 104 valence electrons. The number of rotatable bonds is 4. The lowest BCUT2D eigenvalue weighted by atomic mass is 10.0. The van der Waals surface area contributed by atoms with Crippen LogP contribution in [0.5, 0.6) is 0 Å². The van der Waals surface area contributed by atoms with E-state index in [0.29, 0.717) is 12.6 Å². The number of amides is 1. The first-order chi connectivity index (χ1) is 9.13. The molecule has 19 heavy (non-hydrogen) atoms. The summed E-state index contributed by atoms with van der Waals surface area (Å²) >= 11 is 3.45. The Morgan fingerprint density at radius 3 is 2.74 bits per heavy atom. The molecule has 1 aromatic rings. The van der Waals surface area contributed by atoms with Crippen LogP contribution in [0.4, 0.5) is 5.69 Å². The predicted octanol–water partition coefficient (Wildman–Crippen LogP) is 1.75. The molecule has 0 radical (unpaired) electrons. The SMILES string of the molecule is CNCCC1C(=O)NCC(C)N1c1ccc(Br)cc1. The van der Waals surface area contributed by atoms with E-state index in [1.54, 1.807) is 0 Å². The molecule has 0 spiro atoms. The van der Waals surface area contributed by atoms with Crippen LogP contribution >= 0.6 is 15.9 Å². The molecule has 1 aliphatic heterocycles. The monoisotopic (exact) mass is 325 g/mol. The smallest absolute Gasteiger partial charge is 0.242 e. The van der Waals surface area contributed by atoms with Gasteiger partial charge in [0.2, 0.25) is 5.91 Å². The summed E-state index contributed by atoms with van der Waals surface area (Å²) in [6, 6.07) is 8.36. The first-order valence-electron chi connectivity index (χ1n) is 6.59. The Hall–Kier alpha value is -1.07. The zero-order chi connectivity index (χ0) is 13.8. The Labute approximate surface area is 122 Å². The summed E-state index contributed by atoms with van der Waals surface area (Å²) in [5.74, 6) is 0.122. The van der Waals surface area contributed by atoms with Gasteiger partial charge in [0.15, 0.2) is 0 Å². The number of carbonyl (C=O) groups is 1. The molecular weight excluding hydrogens is 306 g/mol. The van der Waals surface area contributed by atoms with Crippen molar-refractivity contribution in [1.82, 2.24) is 10.6 Å². The number of hydrogen-bond donors (Lipinski definition) is 2. The molecule has 2 unspecified atom stereocenters. The lowest BCUT2D eigenvalue weighted by Crippen LogP contribution is -2.60. The van der Waals surface area contributed by atoms with Crippen LogP contribution in [0.2, 0.25) is 0 Å². The standard InChI is InChI=1S/C14H20BrN3O/c1-10-9-17-14(19)13(7-8-16-2)18(10)12-5-3-11(15)4-6-12/h3-6,10,13,16H,7-9H2,1-2H3,(H,17,19). The number of carbonyl (C=O) groups excluding carboxylic acids is 1. The summed E-state index contributed by atoms with van der Waals surface area (Å²) in [4.78, 5) is 14.3. The second kappa shape index (κ2) is 6.39. The number of nitrogens with zero attached hydrogens (tertiary/aromatic N) is 1. The van der Waals surface area contributed by atoms with Gasteiger partial charge >= 0.3 is 0 Å². The molecule has 2 rings (SSSR count). The van der Waals surface area contributed by atoms with Gasteiger partial charge in [-0.3, -0.25) is 4.79 Å². The second-order valence-corrected chi connectivity index (χ2v) is 5.80. The topological polar surface area (TPSA) is 44.4 Å². The van der Waals surface area contributed by atoms with Gasteiger partial charge in [-0.1, -0.05) is 15.9 Å². The van der Waals surface area contributed by atoms with Gasteiger partial charge in [-0.25, -0.2) is 0 Å². The van der Waals surface area contributed by atoms with E-state index in [1.807, 2.05) is 19.2 Å². The summed E-state index contributed by atoms with van der Waals surface area (Å²) < 4.78 is 1.05. The molecule has 0 aliphatic carbocycles. The van der Waals surface area contributed by atoms with Gasteiger partial charge in [-0.15, -0.1) is 0 Å². The lowest BCUT2D eigenvalue weighted by molar-refractivity contribution is -0.123. The van der Waals surface area contributed by atoms with Gasteiger partial charge in [-0.05, 0) is 51.2 Å². The minimum Gasteiger partial charge on any atom is -0.355 e. The van der Waals surface area contributed by atoms with Crippen molar-refractivity contribution in [3.05, 3.63) is 28.7 Å². The molecule has 4 nitrogen and oxygen atoms in total. The molecule has 0 bridgehead atoms. The molecule has 0 saturated carbocycles. The van der Waals surface area contributed by atoms with E-state index >= 15 is 0 Å². The molecule has 2 atom stereocenters. The Bertz CT molecular complexity index is 435. The van der Waals surface area contributed by atoms with E-state index in [0.717, 1.165) is 23.1 Å². The van der Waals surface area contributed by atoms with Crippen LogP contribution in [0.25, 0.3) is 0 Å². The molecular formula is C14H20BrN3O. The van der Waals surface area contributed by atoms with E-state index in [4.69, 9.17) is 0 Å². The average molecular weight is 326 g/mol. The summed E-state index contributed by atoms with van der Waals surface area (Å²) in [6.07, 6.45) is 0.808. The third-order valence-corrected chi connectivity index (χ3v) is 4.01. The van der Waals surface area contributed by atoms with E-state index in [9.17, 15) is 4.79 Å². The summed E-state index contributed by atoms with van der Waals surface area (Å²) in [5, 5.41) is 6.10. The highest BCUT2D eigenvalue weighted by molar-refractivity contribution is 9.10. The van der Waals surface area contributed by atoms with Crippen LogP contribution in [0.15, 0.2) is 28.7 Å². The first kappa shape index (κ1) is 14.3. The van der Waals surface area contributed by atoms with Crippen molar-refractivity contribution in [3.8, 4) is 0 Å². The number of halogens is 1. The van der Waals surface area contributed by atoms with Crippen molar-refractivity contribution in [1.29, 1.82) is 0 Å². The number of anilines is 1. The van der Waals surface area contributed by atoms with Crippen LogP contribution < -0.4 is 15.5 Å². The normalized spacial score (nSPS) is 23.3. The number of hydrogen-bond acceptors (Lipinski definition) is 3. The van der Waals surface area contributed by atoms with E-state index in [2.05, 4.69) is 50.5 Å². The van der Waals surface area contributed by atoms with Crippen molar-refractivity contribution in [2.24, 2.45) is 0 Å². The van der Waals surface area contributed by atoms with Gasteiger partial charge in [0.05, 0.1) is 0 Å². The third-order valence-electron chi connectivity index (χ3n) is 3.48. The van der Waals surface area contributed by atoms with E-state index < -0.39 is 0 Å². The molecule has 5 heteroatoms. The van der Waals surface area contributed by atoms with Crippen LogP contribution in [-0.4, -0.2) is 38.1 Å². The highest BCUT2D eigenvalue weighted by Crippen LogP contribution is 2.25. The van der Waals surface area contributed by atoms with Crippen molar-refractivity contribution in [2.75, 3.05) is 25.0 Å². The van der Waals surface area contributed by atoms with Gasteiger partial charge in [-0.2, -0.15) is 0 Å². The fourth-order valence-corrected chi connectivity index (χ4v) is 2.76. The molecule has 1 saturated heterocycles. The van der Waals surface area contributed by atoms with Crippen molar-refractivity contribution >= 4 is 27.5 Å². The van der Waals surface area contributed by atoms with Gasteiger partial charge in [0, 0.05) is 22.7 Å². The minimum absolute atomic E-state index is 0.0997. The third kappa shape index (κ3) is 3.28. The largest absolute Gasteiger partial charge is 0.355 e. The number of piperazine rings is 1. The lowest BCUT2D eigenvalue weighted by Gasteiger charge is -2.42. The van der Waals surface area contributed by atoms with Crippen molar-refractivity contribution in [3.63, 3.8) is 0 Å². The second-order valence-electron chi connectivity index (χ2n) is 4.89. The Morgan fingerprint density at radius 2 is 2.11 bits per heavy atom. The molecule has 1 aromatic carbocycles. The fraction of sp³-hybridized carbons (Fsp3) is 0.500. The van der Waals surface area contributed by atoms with Gasteiger partial charge in [0.1, 0.15) is 6.04 Å². The zero-order valence-electron chi connectivity index (χ0n) is 11.3. The molecule has 1 aliphatic rings. The highest BCUT2D eigenvalue weighted by atomic mass is 79.9. The first-order valence-corrected chi connectivity index (χ1v) is 7.39. The molecule has 1 amide bonds. The summed E-state index contributed by atoms with van der Waals surface area (Å²) in [5.41, 5.74) is 1.10. The number of benzene rings is 1. The van der Waals surface area contributed by atoms with Crippen molar-refractivity contribution < 1.29 is 4.79 Å². The fourth-order valence-electron chi connectivity index (χ4n) is 2.50. The minimum atomic E-state index is -0.0997. The van der Waals surface area contributed by atoms with Crippen LogP contribution in [0.1, 0.15) is 13.3 Å². The van der Waals surface area contributed by atoms with Crippen LogP contribution in [-0.2, 0) is 4.79 Å². The zero-order valence-corrected chi connectivity index (χ0v) is 12.9. The molecule has 2 N–H and O–H groups in total. The molecule has 1 heterocycles. The van der Waals surface area contributed by atoms with E-state index in [1.165, 1.54) is 0 Å². The Balaban J connectivity index is 2.25. The summed E-state index contributed by atoms with van der Waals surface area (Å²) in [6.45, 7) is 3.68. The quantitative estimate of drug-likeness (QED) is 0.886. The Morgan fingerprint density at radius 1 is 1.42 bits per heavy atom. The predicted molar refractivity (Wildman–Crippen MR) is 81.4 cm³/mol. The van der Waals surface area contributed by atoms with E-state index in [-0.39, 0.29) is 11.9 Å². The van der Waals surface area contributed by atoms with Crippen molar-refractivity contribution in [2.45, 2.75) is 25.4 Å². The maximum Gasteiger partial charge on any atom is 0.242 e. The van der Waals surface area contributed by atoms with Gasteiger partial charge < -0.3 is 15.5 Å². The molecule has 1 fully saturated rings. The van der Waals surface area contributed by atoms with Gasteiger partial charge in [0.25, 0.3) is 0 Å². The highest BCUT2D eigenvalue weighted by Gasteiger charge is 2.33. The van der Waals surface area contributed by atoms with Crippen LogP contribution in [0, 0.1) is 0 Å². The maximum atomic E-state index is 12.1. The number of nitrogens with one attached hydrogen (secondary N) is 2. The summed E-state index contributed by atoms with van der Waals surface area (Å²) in [7, 11) is 1.91.